The highest BCUT2D eigenvalue weighted by Crippen LogP contribution is 2.09. The van der Waals surface area contributed by atoms with E-state index < -0.39 is 0 Å². The summed E-state index contributed by atoms with van der Waals surface area (Å²) in [6.07, 6.45) is 2.18. The van der Waals surface area contributed by atoms with Gasteiger partial charge >= 0.3 is 0 Å². The average molecular weight is 227 g/mol. The minimum absolute atomic E-state index is 0.604. The van der Waals surface area contributed by atoms with Crippen LogP contribution in [0.15, 0.2) is 0 Å². The first kappa shape index (κ1) is 12.4. The van der Waals surface area contributed by atoms with Crippen molar-refractivity contribution in [3.05, 3.63) is 10.6 Å². The van der Waals surface area contributed by atoms with E-state index in [2.05, 4.69) is 42.5 Å². The van der Waals surface area contributed by atoms with E-state index in [4.69, 9.17) is 12.2 Å². The number of aromatic amines is 1. The predicted molar refractivity (Wildman–Crippen MR) is 65.4 cm³/mol. The van der Waals surface area contributed by atoms with Gasteiger partial charge in [0.05, 0.1) is 0 Å². The van der Waals surface area contributed by atoms with Gasteiger partial charge in [-0.25, -0.2) is 0 Å². The van der Waals surface area contributed by atoms with Gasteiger partial charge < -0.3 is 4.57 Å². The van der Waals surface area contributed by atoms with Gasteiger partial charge in [-0.3, -0.25) is 5.10 Å². The Morgan fingerprint density at radius 2 is 1.93 bits per heavy atom. The lowest BCUT2D eigenvalue weighted by Crippen LogP contribution is -2.09. The van der Waals surface area contributed by atoms with Crippen molar-refractivity contribution in [3.8, 4) is 0 Å². The number of nitrogens with zero attached hydrogens (tertiary/aromatic N) is 2. The number of H-pyrrole nitrogens is 1. The Morgan fingerprint density at radius 3 is 2.47 bits per heavy atom. The van der Waals surface area contributed by atoms with Gasteiger partial charge in [-0.15, -0.1) is 0 Å². The van der Waals surface area contributed by atoms with Crippen LogP contribution in [0.25, 0.3) is 0 Å². The third kappa shape index (κ3) is 3.78. The van der Waals surface area contributed by atoms with Gasteiger partial charge in [0, 0.05) is 13.0 Å². The van der Waals surface area contributed by atoms with Crippen molar-refractivity contribution in [1.82, 2.24) is 14.8 Å². The molecule has 0 unspecified atom stereocenters. The molecule has 1 aromatic rings. The van der Waals surface area contributed by atoms with Crippen molar-refractivity contribution in [1.29, 1.82) is 0 Å². The highest BCUT2D eigenvalue weighted by molar-refractivity contribution is 7.71. The Balaban J connectivity index is 2.75. The number of nitrogens with one attached hydrogen (secondary N) is 1. The molecule has 15 heavy (non-hydrogen) atoms. The summed E-state index contributed by atoms with van der Waals surface area (Å²) in [5, 5.41) is 7.17. The maximum absolute atomic E-state index is 5.22. The molecule has 0 bridgehead atoms. The average Bonchev–Trinajstić information content (AvgIpc) is 2.44. The molecule has 0 spiro atoms. The Bertz CT molecular complexity index is 349. The first-order valence-electron chi connectivity index (χ1n) is 5.64. The van der Waals surface area contributed by atoms with Crippen LogP contribution in [0, 0.1) is 16.6 Å². The second-order valence-corrected chi connectivity index (χ2v) is 5.27. The van der Waals surface area contributed by atoms with Crippen molar-refractivity contribution in [3.63, 3.8) is 0 Å². The molecular weight excluding hydrogens is 206 g/mol. The van der Waals surface area contributed by atoms with Gasteiger partial charge in [-0.2, -0.15) is 5.10 Å². The first-order chi connectivity index (χ1) is 7.00. The van der Waals surface area contributed by atoms with E-state index in [0.29, 0.717) is 11.8 Å². The Labute approximate surface area is 96.9 Å². The lowest BCUT2D eigenvalue weighted by Gasteiger charge is -2.10. The molecule has 0 aliphatic carbocycles. The molecule has 0 fully saturated rings. The number of hydrogen-bond donors (Lipinski definition) is 1. The van der Waals surface area contributed by atoms with Crippen molar-refractivity contribution in [2.24, 2.45) is 11.8 Å². The SMILES string of the molecule is CC(C)CCc1n[nH]c(=S)n1CC(C)C. The Kier molecular flexibility index (Phi) is 4.51. The molecule has 0 amide bonds. The van der Waals surface area contributed by atoms with Gasteiger partial charge in [0.2, 0.25) is 0 Å². The number of aromatic nitrogens is 3. The van der Waals surface area contributed by atoms with Crippen LogP contribution in [0.2, 0.25) is 0 Å². The van der Waals surface area contributed by atoms with E-state index in [0.717, 1.165) is 30.0 Å². The van der Waals surface area contributed by atoms with Crippen LogP contribution < -0.4 is 0 Å². The van der Waals surface area contributed by atoms with E-state index in [9.17, 15) is 0 Å². The topological polar surface area (TPSA) is 33.6 Å². The summed E-state index contributed by atoms with van der Waals surface area (Å²) < 4.78 is 2.88. The molecule has 1 N–H and O–H groups in total. The van der Waals surface area contributed by atoms with Crippen molar-refractivity contribution in [2.45, 2.75) is 47.1 Å². The molecule has 0 atom stereocenters. The maximum Gasteiger partial charge on any atom is 0.195 e. The summed E-state index contributed by atoms with van der Waals surface area (Å²) >= 11 is 5.22. The van der Waals surface area contributed by atoms with Crippen LogP contribution in [0.4, 0.5) is 0 Å². The number of aryl methyl sites for hydroxylation is 1. The van der Waals surface area contributed by atoms with Gasteiger partial charge in [0.25, 0.3) is 0 Å². The zero-order valence-corrected chi connectivity index (χ0v) is 10.9. The molecule has 1 heterocycles. The van der Waals surface area contributed by atoms with E-state index in [1.165, 1.54) is 0 Å². The molecule has 1 rings (SSSR count). The quantitative estimate of drug-likeness (QED) is 0.784. The summed E-state index contributed by atoms with van der Waals surface area (Å²) in [5.41, 5.74) is 0. The first-order valence-corrected chi connectivity index (χ1v) is 6.05. The van der Waals surface area contributed by atoms with Crippen LogP contribution in [0.3, 0.4) is 0 Å². The molecule has 0 aliphatic heterocycles. The maximum atomic E-state index is 5.22. The molecule has 86 valence electrons. The summed E-state index contributed by atoms with van der Waals surface area (Å²) in [6, 6.07) is 0. The van der Waals surface area contributed by atoms with Crippen molar-refractivity contribution in [2.75, 3.05) is 0 Å². The van der Waals surface area contributed by atoms with Crippen molar-refractivity contribution < 1.29 is 0 Å². The van der Waals surface area contributed by atoms with Gasteiger partial charge in [0.1, 0.15) is 5.82 Å². The highest BCUT2D eigenvalue weighted by atomic mass is 32.1. The van der Waals surface area contributed by atoms with Gasteiger partial charge in [-0.1, -0.05) is 27.7 Å². The van der Waals surface area contributed by atoms with Crippen LogP contribution >= 0.6 is 12.2 Å². The second-order valence-electron chi connectivity index (χ2n) is 4.88. The smallest absolute Gasteiger partial charge is 0.195 e. The van der Waals surface area contributed by atoms with Gasteiger partial charge in [-0.05, 0) is 30.5 Å². The Hall–Kier alpha value is -0.640. The molecule has 0 saturated heterocycles. The normalized spacial score (nSPS) is 11.6. The fourth-order valence-electron chi connectivity index (χ4n) is 1.51. The van der Waals surface area contributed by atoms with Crippen LogP contribution in [0.5, 0.6) is 0 Å². The fourth-order valence-corrected chi connectivity index (χ4v) is 1.74. The summed E-state index contributed by atoms with van der Waals surface area (Å²) in [6.45, 7) is 9.81. The van der Waals surface area contributed by atoms with Crippen LogP contribution in [-0.2, 0) is 13.0 Å². The van der Waals surface area contributed by atoms with E-state index >= 15 is 0 Å². The molecule has 1 aromatic heterocycles. The van der Waals surface area contributed by atoms with E-state index in [1.807, 2.05) is 0 Å². The summed E-state index contributed by atoms with van der Waals surface area (Å²) in [4.78, 5) is 0. The number of rotatable bonds is 5. The molecule has 4 heteroatoms. The van der Waals surface area contributed by atoms with E-state index in [-0.39, 0.29) is 0 Å². The van der Waals surface area contributed by atoms with Gasteiger partial charge in [0.15, 0.2) is 4.77 Å². The molecule has 0 radical (unpaired) electrons. The molecular formula is C11H21N3S. The molecule has 0 aliphatic rings. The standard InChI is InChI=1S/C11H21N3S/c1-8(2)5-6-10-12-13-11(15)14(10)7-9(3)4/h8-9H,5-7H2,1-4H3,(H,13,15). The summed E-state index contributed by atoms with van der Waals surface area (Å²) in [7, 11) is 0. The third-order valence-corrected chi connectivity index (χ3v) is 2.64. The third-order valence-electron chi connectivity index (χ3n) is 2.33. The lowest BCUT2D eigenvalue weighted by atomic mass is 10.1. The monoisotopic (exact) mass is 227 g/mol. The summed E-state index contributed by atoms with van der Waals surface area (Å²) in [5.74, 6) is 2.41. The zero-order chi connectivity index (χ0) is 11.4. The minimum Gasteiger partial charge on any atom is -0.304 e. The lowest BCUT2D eigenvalue weighted by molar-refractivity contribution is 0.488. The molecule has 3 nitrogen and oxygen atoms in total. The number of hydrogen-bond acceptors (Lipinski definition) is 2. The van der Waals surface area contributed by atoms with Crippen LogP contribution in [-0.4, -0.2) is 14.8 Å². The second kappa shape index (κ2) is 5.45. The highest BCUT2D eigenvalue weighted by Gasteiger charge is 2.08. The zero-order valence-electron chi connectivity index (χ0n) is 10.1. The Morgan fingerprint density at radius 1 is 1.27 bits per heavy atom. The predicted octanol–water partition coefficient (Wildman–Crippen LogP) is 3.19. The van der Waals surface area contributed by atoms with Crippen LogP contribution in [0.1, 0.15) is 39.9 Å². The molecule has 0 aromatic carbocycles. The fraction of sp³-hybridized carbons (Fsp3) is 0.818. The minimum atomic E-state index is 0.604. The largest absolute Gasteiger partial charge is 0.304 e. The van der Waals surface area contributed by atoms with Crippen molar-refractivity contribution >= 4 is 12.2 Å². The van der Waals surface area contributed by atoms with E-state index in [1.54, 1.807) is 0 Å². The molecule has 0 saturated carbocycles.